The van der Waals surface area contributed by atoms with Crippen LogP contribution in [0.1, 0.15) is 24.5 Å². The van der Waals surface area contributed by atoms with Crippen LogP contribution in [0.3, 0.4) is 0 Å². The first kappa shape index (κ1) is 13.2. The smallest absolute Gasteiger partial charge is 0.0429 e. The highest BCUT2D eigenvalue weighted by atomic mass is 35.5. The predicted molar refractivity (Wildman–Crippen MR) is 78.2 cm³/mol. The molecule has 0 amide bonds. The molecule has 1 aromatic carbocycles. The van der Waals surface area contributed by atoms with Gasteiger partial charge in [0, 0.05) is 30.2 Å². The Morgan fingerprint density at radius 3 is 2.56 bits per heavy atom. The lowest BCUT2D eigenvalue weighted by molar-refractivity contribution is 0.364. The van der Waals surface area contributed by atoms with Crippen molar-refractivity contribution in [2.24, 2.45) is 0 Å². The monoisotopic (exact) mass is 260 g/mol. The molecule has 0 aliphatic heterocycles. The predicted octanol–water partition coefficient (Wildman–Crippen LogP) is 4.43. The normalized spacial score (nSPS) is 15.1. The average molecular weight is 261 g/mol. The van der Waals surface area contributed by atoms with Crippen LogP contribution in [0.15, 0.2) is 47.1 Å². The minimum atomic E-state index is 0.842. The maximum Gasteiger partial charge on any atom is 0.0429 e. The van der Waals surface area contributed by atoms with Gasteiger partial charge in [-0.25, -0.2) is 0 Å². The Hall–Kier alpha value is -1.21. The van der Waals surface area contributed by atoms with Gasteiger partial charge in [0.2, 0.25) is 0 Å². The molecule has 0 unspecified atom stereocenters. The van der Waals surface area contributed by atoms with E-state index in [-0.39, 0.29) is 0 Å². The number of likely N-dealkylation sites (N-methyl/N-ethyl adjacent to an activating group) is 1. The molecule has 1 aliphatic carbocycles. The molecule has 0 saturated heterocycles. The van der Waals surface area contributed by atoms with Gasteiger partial charge >= 0.3 is 0 Å². The van der Waals surface area contributed by atoms with Crippen molar-refractivity contribution in [2.75, 3.05) is 6.54 Å². The van der Waals surface area contributed by atoms with Gasteiger partial charge in [-0.1, -0.05) is 47.5 Å². The van der Waals surface area contributed by atoms with E-state index in [4.69, 9.17) is 11.6 Å². The number of hydrogen-bond donors (Lipinski definition) is 0. The second kappa shape index (κ2) is 6.10. The minimum Gasteiger partial charge on any atom is -0.368 e. The highest BCUT2D eigenvalue weighted by Crippen LogP contribution is 2.23. The SMILES string of the molecule is CCN(Cc1ccc(C)cc1)C1=CC[CH]C(Cl)=C1. The standard InChI is InChI=1S/C16H19ClN/c1-3-18(16-6-4-5-15(17)11-16)12-14-9-7-13(2)8-10-14/h5-11H,3-4,12H2,1-2H3. The highest BCUT2D eigenvalue weighted by Gasteiger charge is 2.10. The van der Waals surface area contributed by atoms with Crippen LogP contribution in [-0.4, -0.2) is 11.4 Å². The summed E-state index contributed by atoms with van der Waals surface area (Å²) in [4.78, 5) is 2.35. The fourth-order valence-corrected chi connectivity index (χ4v) is 2.27. The number of rotatable bonds is 4. The lowest BCUT2D eigenvalue weighted by Crippen LogP contribution is -2.22. The molecule has 0 spiro atoms. The van der Waals surface area contributed by atoms with Crippen molar-refractivity contribution in [2.45, 2.75) is 26.8 Å². The Balaban J connectivity index is 2.10. The molecule has 2 heteroatoms. The van der Waals surface area contributed by atoms with Gasteiger partial charge in [-0.3, -0.25) is 0 Å². The molecule has 0 atom stereocenters. The number of benzene rings is 1. The van der Waals surface area contributed by atoms with Gasteiger partial charge in [0.05, 0.1) is 0 Å². The molecule has 0 saturated carbocycles. The molecule has 1 nitrogen and oxygen atoms in total. The number of allylic oxidation sites excluding steroid dienone is 3. The van der Waals surface area contributed by atoms with Crippen molar-refractivity contribution >= 4 is 11.6 Å². The largest absolute Gasteiger partial charge is 0.368 e. The van der Waals surface area contributed by atoms with E-state index in [2.05, 4.69) is 49.1 Å². The highest BCUT2D eigenvalue weighted by molar-refractivity contribution is 6.31. The van der Waals surface area contributed by atoms with E-state index in [1.165, 1.54) is 16.8 Å². The van der Waals surface area contributed by atoms with Gasteiger partial charge in [-0.05, 0) is 31.9 Å². The van der Waals surface area contributed by atoms with Gasteiger partial charge in [0.15, 0.2) is 0 Å². The van der Waals surface area contributed by atoms with Gasteiger partial charge in [0.25, 0.3) is 0 Å². The fraction of sp³-hybridized carbons (Fsp3) is 0.312. The molecular formula is C16H19ClN. The summed E-state index contributed by atoms with van der Waals surface area (Å²) in [5.41, 5.74) is 3.87. The summed E-state index contributed by atoms with van der Waals surface area (Å²) in [6.07, 6.45) is 7.23. The summed E-state index contributed by atoms with van der Waals surface area (Å²) in [5.74, 6) is 0. The third-order valence-electron chi connectivity index (χ3n) is 3.17. The molecular weight excluding hydrogens is 242 g/mol. The molecule has 0 bridgehead atoms. The fourth-order valence-electron chi connectivity index (χ4n) is 2.07. The third kappa shape index (κ3) is 3.39. The topological polar surface area (TPSA) is 3.24 Å². The van der Waals surface area contributed by atoms with Crippen molar-refractivity contribution < 1.29 is 0 Å². The summed E-state index contributed by atoms with van der Waals surface area (Å²) in [6, 6.07) is 8.71. The van der Waals surface area contributed by atoms with E-state index in [0.717, 1.165) is 24.5 Å². The first-order valence-corrected chi connectivity index (χ1v) is 6.78. The molecule has 1 aromatic rings. The van der Waals surface area contributed by atoms with Crippen molar-refractivity contribution in [3.8, 4) is 0 Å². The van der Waals surface area contributed by atoms with Gasteiger partial charge in [0.1, 0.15) is 0 Å². The van der Waals surface area contributed by atoms with Crippen molar-refractivity contribution in [3.05, 3.63) is 64.7 Å². The van der Waals surface area contributed by atoms with Crippen LogP contribution in [0.2, 0.25) is 0 Å². The summed E-state index contributed by atoms with van der Waals surface area (Å²) in [7, 11) is 0. The zero-order valence-electron chi connectivity index (χ0n) is 11.0. The second-order valence-electron chi connectivity index (χ2n) is 4.60. The first-order valence-electron chi connectivity index (χ1n) is 6.40. The molecule has 0 fully saturated rings. The quantitative estimate of drug-likeness (QED) is 0.774. The summed E-state index contributed by atoms with van der Waals surface area (Å²) in [5, 5.41) is 0.842. The third-order valence-corrected chi connectivity index (χ3v) is 3.43. The molecule has 1 aliphatic rings. The summed E-state index contributed by atoms with van der Waals surface area (Å²) < 4.78 is 0. The lowest BCUT2D eigenvalue weighted by atomic mass is 10.1. The van der Waals surface area contributed by atoms with Crippen molar-refractivity contribution in [3.63, 3.8) is 0 Å². The van der Waals surface area contributed by atoms with Crippen LogP contribution in [-0.2, 0) is 6.54 Å². The van der Waals surface area contributed by atoms with Crippen molar-refractivity contribution in [1.29, 1.82) is 0 Å². The summed E-state index contributed by atoms with van der Waals surface area (Å²) >= 11 is 6.07. The molecule has 0 N–H and O–H groups in total. The van der Waals surface area contributed by atoms with E-state index in [0.29, 0.717) is 0 Å². The minimum absolute atomic E-state index is 0.842. The lowest BCUT2D eigenvalue weighted by Gasteiger charge is -2.26. The molecule has 1 radical (unpaired) electrons. The van der Waals surface area contributed by atoms with Gasteiger partial charge < -0.3 is 4.90 Å². The Morgan fingerprint density at radius 2 is 1.94 bits per heavy atom. The molecule has 18 heavy (non-hydrogen) atoms. The Bertz CT molecular complexity index is 456. The molecule has 0 heterocycles. The molecule has 0 aromatic heterocycles. The Labute approximate surface area is 115 Å². The number of nitrogens with zero attached hydrogens (tertiary/aromatic N) is 1. The number of aryl methyl sites for hydroxylation is 1. The second-order valence-corrected chi connectivity index (χ2v) is 5.03. The zero-order chi connectivity index (χ0) is 13.0. The number of hydrogen-bond acceptors (Lipinski definition) is 1. The van der Waals surface area contributed by atoms with Crippen LogP contribution in [0.25, 0.3) is 0 Å². The van der Waals surface area contributed by atoms with E-state index >= 15 is 0 Å². The van der Waals surface area contributed by atoms with Crippen molar-refractivity contribution in [1.82, 2.24) is 4.90 Å². The first-order chi connectivity index (χ1) is 8.69. The van der Waals surface area contributed by atoms with E-state index in [9.17, 15) is 0 Å². The zero-order valence-corrected chi connectivity index (χ0v) is 11.7. The van der Waals surface area contributed by atoms with E-state index in [1.807, 2.05) is 12.5 Å². The Morgan fingerprint density at radius 1 is 1.22 bits per heavy atom. The van der Waals surface area contributed by atoms with E-state index < -0.39 is 0 Å². The van der Waals surface area contributed by atoms with Crippen LogP contribution < -0.4 is 0 Å². The molecule has 2 rings (SSSR count). The van der Waals surface area contributed by atoms with Gasteiger partial charge in [-0.15, -0.1) is 0 Å². The average Bonchev–Trinajstić information content (AvgIpc) is 2.38. The molecule has 95 valence electrons. The summed E-state index contributed by atoms with van der Waals surface area (Å²) in [6.45, 7) is 6.21. The maximum atomic E-state index is 6.07. The van der Waals surface area contributed by atoms with Crippen LogP contribution in [0.4, 0.5) is 0 Å². The van der Waals surface area contributed by atoms with Gasteiger partial charge in [-0.2, -0.15) is 0 Å². The van der Waals surface area contributed by atoms with Crippen LogP contribution in [0.5, 0.6) is 0 Å². The van der Waals surface area contributed by atoms with Crippen LogP contribution >= 0.6 is 11.6 Å². The van der Waals surface area contributed by atoms with Crippen LogP contribution in [0, 0.1) is 13.3 Å². The van der Waals surface area contributed by atoms with E-state index in [1.54, 1.807) is 0 Å². The number of halogens is 1. The maximum absolute atomic E-state index is 6.07. The Kier molecular flexibility index (Phi) is 4.48.